The molecular formula is C15H25N3O3S. The van der Waals surface area contributed by atoms with Gasteiger partial charge >= 0.3 is 0 Å². The highest BCUT2D eigenvalue weighted by molar-refractivity contribution is 7.89. The number of carbonyl (C=O) groups is 1. The molecule has 0 radical (unpaired) electrons. The van der Waals surface area contributed by atoms with Crippen LogP contribution in [0.3, 0.4) is 0 Å². The van der Waals surface area contributed by atoms with Crippen LogP contribution in [0.1, 0.15) is 25.8 Å². The molecule has 0 unspecified atom stereocenters. The van der Waals surface area contributed by atoms with E-state index in [4.69, 9.17) is 0 Å². The first-order valence-electron chi connectivity index (χ1n) is 7.42. The number of hydrogen-bond acceptors (Lipinski definition) is 4. The van der Waals surface area contributed by atoms with Crippen molar-refractivity contribution in [3.8, 4) is 0 Å². The highest BCUT2D eigenvalue weighted by atomic mass is 32.2. The van der Waals surface area contributed by atoms with Crippen LogP contribution < -0.4 is 10.6 Å². The molecule has 0 saturated carbocycles. The molecule has 2 N–H and O–H groups in total. The minimum Gasteiger partial charge on any atom is -0.326 e. The second-order valence-corrected chi connectivity index (χ2v) is 6.88. The third-order valence-corrected chi connectivity index (χ3v) is 5.59. The Morgan fingerprint density at radius 2 is 1.86 bits per heavy atom. The van der Waals surface area contributed by atoms with Gasteiger partial charge in [0, 0.05) is 31.7 Å². The van der Waals surface area contributed by atoms with Gasteiger partial charge in [-0.3, -0.25) is 4.79 Å². The molecule has 0 bridgehead atoms. The molecule has 1 aromatic carbocycles. The Labute approximate surface area is 132 Å². The number of nitrogens with one attached hydrogen (secondary N) is 2. The summed E-state index contributed by atoms with van der Waals surface area (Å²) in [5, 5.41) is 5.63. The molecule has 0 aromatic heterocycles. The van der Waals surface area contributed by atoms with Crippen molar-refractivity contribution < 1.29 is 13.2 Å². The number of aryl methyl sites for hydroxylation is 1. The fourth-order valence-electron chi connectivity index (χ4n) is 2.12. The Balaban J connectivity index is 3.07. The molecule has 0 spiro atoms. The third kappa shape index (κ3) is 4.53. The van der Waals surface area contributed by atoms with Crippen LogP contribution in [-0.4, -0.2) is 45.3 Å². The lowest BCUT2D eigenvalue weighted by atomic mass is 10.2. The standard InChI is InChI=1S/C15H25N3O3S/c1-5-18(6-2)22(20,21)14-11-13(8-7-12(14)3)17-15(19)9-10-16-4/h7-8,11,16H,5-6,9-10H2,1-4H3,(H,17,19). The number of anilines is 1. The molecule has 1 amide bonds. The largest absolute Gasteiger partial charge is 0.326 e. The Morgan fingerprint density at radius 1 is 1.23 bits per heavy atom. The fraction of sp³-hybridized carbons (Fsp3) is 0.533. The topological polar surface area (TPSA) is 78.5 Å². The van der Waals surface area contributed by atoms with Crippen molar-refractivity contribution in [3.05, 3.63) is 23.8 Å². The highest BCUT2D eigenvalue weighted by Crippen LogP contribution is 2.23. The normalized spacial score (nSPS) is 11.7. The van der Waals surface area contributed by atoms with E-state index in [0.717, 1.165) is 0 Å². The molecule has 6 nitrogen and oxygen atoms in total. The molecule has 124 valence electrons. The van der Waals surface area contributed by atoms with Gasteiger partial charge in [-0.15, -0.1) is 0 Å². The maximum absolute atomic E-state index is 12.6. The maximum Gasteiger partial charge on any atom is 0.243 e. The summed E-state index contributed by atoms with van der Waals surface area (Å²) >= 11 is 0. The predicted molar refractivity (Wildman–Crippen MR) is 88.5 cm³/mol. The average molecular weight is 327 g/mol. The first kappa shape index (κ1) is 18.6. The molecule has 1 aromatic rings. The van der Waals surface area contributed by atoms with Crippen molar-refractivity contribution in [2.45, 2.75) is 32.1 Å². The number of hydrogen-bond donors (Lipinski definition) is 2. The van der Waals surface area contributed by atoms with Crippen molar-refractivity contribution in [2.75, 3.05) is 32.0 Å². The van der Waals surface area contributed by atoms with Gasteiger partial charge in [0.15, 0.2) is 0 Å². The summed E-state index contributed by atoms with van der Waals surface area (Å²) < 4.78 is 26.7. The summed E-state index contributed by atoms with van der Waals surface area (Å²) in [5.74, 6) is -0.149. The van der Waals surface area contributed by atoms with Gasteiger partial charge in [-0.1, -0.05) is 19.9 Å². The second kappa shape index (κ2) is 8.26. The molecule has 22 heavy (non-hydrogen) atoms. The smallest absolute Gasteiger partial charge is 0.243 e. The number of benzene rings is 1. The molecule has 1 rings (SSSR count). The van der Waals surface area contributed by atoms with Crippen LogP contribution in [0.2, 0.25) is 0 Å². The van der Waals surface area contributed by atoms with Crippen molar-refractivity contribution in [2.24, 2.45) is 0 Å². The summed E-state index contributed by atoms with van der Waals surface area (Å²) in [5.41, 5.74) is 1.16. The number of carbonyl (C=O) groups excluding carboxylic acids is 1. The lowest BCUT2D eigenvalue weighted by Gasteiger charge is -2.20. The molecular weight excluding hydrogens is 302 g/mol. The van der Waals surface area contributed by atoms with Crippen LogP contribution >= 0.6 is 0 Å². The summed E-state index contributed by atoms with van der Waals surface area (Å²) in [4.78, 5) is 12.0. The SMILES string of the molecule is CCN(CC)S(=O)(=O)c1cc(NC(=O)CCNC)ccc1C. The molecule has 0 aliphatic carbocycles. The quantitative estimate of drug-likeness (QED) is 0.760. The number of amides is 1. The van der Waals surface area contributed by atoms with E-state index in [0.29, 0.717) is 37.3 Å². The van der Waals surface area contributed by atoms with Gasteiger partial charge in [0.05, 0.1) is 4.90 Å². The minimum absolute atomic E-state index is 0.149. The number of nitrogens with zero attached hydrogens (tertiary/aromatic N) is 1. The van der Waals surface area contributed by atoms with E-state index in [9.17, 15) is 13.2 Å². The Kier molecular flexibility index (Phi) is 6.99. The first-order valence-corrected chi connectivity index (χ1v) is 8.86. The molecule has 0 aliphatic rings. The first-order chi connectivity index (χ1) is 10.4. The van der Waals surface area contributed by atoms with Gasteiger partial charge in [0.2, 0.25) is 15.9 Å². The van der Waals surface area contributed by atoms with Crippen LogP contribution in [0.4, 0.5) is 5.69 Å². The zero-order valence-electron chi connectivity index (χ0n) is 13.6. The maximum atomic E-state index is 12.6. The van der Waals surface area contributed by atoms with Crippen molar-refractivity contribution in [3.63, 3.8) is 0 Å². The summed E-state index contributed by atoms with van der Waals surface area (Å²) in [6.45, 7) is 6.76. The van der Waals surface area contributed by atoms with Crippen LogP contribution in [0.25, 0.3) is 0 Å². The summed E-state index contributed by atoms with van der Waals surface area (Å²) in [6, 6.07) is 4.96. The lowest BCUT2D eigenvalue weighted by molar-refractivity contribution is -0.116. The van der Waals surface area contributed by atoms with E-state index in [-0.39, 0.29) is 10.8 Å². The highest BCUT2D eigenvalue weighted by Gasteiger charge is 2.23. The van der Waals surface area contributed by atoms with E-state index < -0.39 is 10.0 Å². The second-order valence-electron chi connectivity index (χ2n) is 4.97. The Morgan fingerprint density at radius 3 is 2.41 bits per heavy atom. The zero-order chi connectivity index (χ0) is 16.8. The van der Waals surface area contributed by atoms with Crippen LogP contribution in [0.5, 0.6) is 0 Å². The molecule has 0 saturated heterocycles. The lowest BCUT2D eigenvalue weighted by Crippen LogP contribution is -2.31. The zero-order valence-corrected chi connectivity index (χ0v) is 14.5. The summed E-state index contributed by atoms with van der Waals surface area (Å²) in [7, 11) is -1.77. The van der Waals surface area contributed by atoms with Crippen molar-refractivity contribution in [1.82, 2.24) is 9.62 Å². The van der Waals surface area contributed by atoms with E-state index in [2.05, 4.69) is 10.6 Å². The van der Waals surface area contributed by atoms with Gasteiger partial charge in [0.25, 0.3) is 0 Å². The van der Waals surface area contributed by atoms with Crippen LogP contribution in [0, 0.1) is 6.92 Å². The Bertz CT molecular complexity index is 610. The molecule has 0 fully saturated rings. The summed E-state index contributed by atoms with van der Waals surface area (Å²) in [6.07, 6.45) is 0.336. The van der Waals surface area contributed by atoms with Crippen molar-refractivity contribution in [1.29, 1.82) is 0 Å². The average Bonchev–Trinajstić information content (AvgIpc) is 2.48. The van der Waals surface area contributed by atoms with Gasteiger partial charge < -0.3 is 10.6 Å². The fourth-order valence-corrected chi connectivity index (χ4v) is 3.83. The molecule has 0 atom stereocenters. The van der Waals surface area contributed by atoms with Crippen molar-refractivity contribution >= 4 is 21.6 Å². The van der Waals surface area contributed by atoms with Gasteiger partial charge in [0.1, 0.15) is 0 Å². The molecule has 0 aliphatic heterocycles. The van der Waals surface area contributed by atoms with Crippen LogP contribution in [-0.2, 0) is 14.8 Å². The monoisotopic (exact) mass is 327 g/mol. The van der Waals surface area contributed by atoms with E-state index >= 15 is 0 Å². The molecule has 0 heterocycles. The van der Waals surface area contributed by atoms with Gasteiger partial charge in [-0.05, 0) is 31.7 Å². The Hall–Kier alpha value is -1.44. The van der Waals surface area contributed by atoms with E-state index in [1.165, 1.54) is 10.4 Å². The number of sulfonamides is 1. The van der Waals surface area contributed by atoms with E-state index in [1.54, 1.807) is 40.0 Å². The molecule has 7 heteroatoms. The number of rotatable bonds is 8. The third-order valence-electron chi connectivity index (χ3n) is 3.40. The van der Waals surface area contributed by atoms with Gasteiger partial charge in [-0.25, -0.2) is 8.42 Å². The van der Waals surface area contributed by atoms with Crippen LogP contribution in [0.15, 0.2) is 23.1 Å². The van der Waals surface area contributed by atoms with E-state index in [1.807, 2.05) is 0 Å². The predicted octanol–water partition coefficient (Wildman–Crippen LogP) is 1.57. The van der Waals surface area contributed by atoms with Gasteiger partial charge in [-0.2, -0.15) is 4.31 Å². The minimum atomic E-state index is -3.54.